The molecule has 0 saturated heterocycles. The lowest BCUT2D eigenvalue weighted by molar-refractivity contribution is 0.0793. The van der Waals surface area contributed by atoms with Crippen LogP contribution in [0.25, 0.3) is 5.65 Å². The van der Waals surface area contributed by atoms with Crippen molar-refractivity contribution in [2.45, 2.75) is 30.4 Å². The molecule has 25 heavy (non-hydrogen) atoms. The summed E-state index contributed by atoms with van der Waals surface area (Å²) >= 11 is 1.73. The van der Waals surface area contributed by atoms with Crippen molar-refractivity contribution in [2.75, 3.05) is 13.6 Å². The molecule has 5 heteroatoms. The molecule has 0 N–H and O–H groups in total. The third kappa shape index (κ3) is 4.42. The number of amides is 1. The van der Waals surface area contributed by atoms with E-state index in [1.807, 2.05) is 60.1 Å². The van der Waals surface area contributed by atoms with Crippen molar-refractivity contribution >= 4 is 23.3 Å². The fourth-order valence-electron chi connectivity index (χ4n) is 2.62. The molecular weight excluding hydrogens is 330 g/mol. The number of nitrogens with zero attached hydrogens (tertiary/aromatic N) is 3. The molecule has 0 fully saturated rings. The van der Waals surface area contributed by atoms with Crippen molar-refractivity contribution in [1.82, 2.24) is 14.3 Å². The molecule has 0 unspecified atom stereocenters. The second-order valence-corrected chi connectivity index (χ2v) is 7.14. The second kappa shape index (κ2) is 8.21. The lowest BCUT2D eigenvalue weighted by atomic mass is 10.2. The number of imidazole rings is 1. The number of rotatable bonds is 7. The molecule has 3 rings (SSSR count). The van der Waals surface area contributed by atoms with Crippen LogP contribution < -0.4 is 0 Å². The lowest BCUT2D eigenvalue weighted by Crippen LogP contribution is -2.27. The number of hydrogen-bond acceptors (Lipinski definition) is 3. The molecule has 1 aromatic carbocycles. The smallest absolute Gasteiger partial charge is 0.253 e. The predicted molar refractivity (Wildman–Crippen MR) is 103 cm³/mol. The SMILES string of the molecule is CCCCN(C)C(=O)c1ccc(SCc2cn3ccccc3n2)cc1. The van der Waals surface area contributed by atoms with E-state index in [0.717, 1.165) is 46.9 Å². The Hall–Kier alpha value is -2.27. The van der Waals surface area contributed by atoms with Crippen LogP contribution in [0.2, 0.25) is 0 Å². The predicted octanol–water partition coefficient (Wildman–Crippen LogP) is 4.50. The molecule has 2 aromatic heterocycles. The summed E-state index contributed by atoms with van der Waals surface area (Å²) in [6.45, 7) is 2.94. The van der Waals surface area contributed by atoms with Crippen LogP contribution in [0, 0.1) is 0 Å². The summed E-state index contributed by atoms with van der Waals surface area (Å²) in [4.78, 5) is 19.9. The monoisotopic (exact) mass is 353 g/mol. The zero-order chi connectivity index (χ0) is 17.6. The van der Waals surface area contributed by atoms with E-state index in [1.54, 1.807) is 16.7 Å². The number of benzene rings is 1. The number of carbonyl (C=O) groups is 1. The molecule has 1 amide bonds. The average Bonchev–Trinajstić information content (AvgIpc) is 3.07. The third-order valence-electron chi connectivity index (χ3n) is 4.10. The van der Waals surface area contributed by atoms with Crippen molar-refractivity contribution in [3.05, 3.63) is 66.1 Å². The van der Waals surface area contributed by atoms with Gasteiger partial charge in [-0.2, -0.15) is 0 Å². The van der Waals surface area contributed by atoms with Crippen LogP contribution >= 0.6 is 11.8 Å². The minimum atomic E-state index is 0.0883. The zero-order valence-corrected chi connectivity index (χ0v) is 15.5. The first-order valence-corrected chi connectivity index (χ1v) is 9.57. The highest BCUT2D eigenvalue weighted by atomic mass is 32.2. The molecule has 0 spiro atoms. The molecule has 130 valence electrons. The zero-order valence-electron chi connectivity index (χ0n) is 14.7. The normalized spacial score (nSPS) is 11.0. The topological polar surface area (TPSA) is 37.6 Å². The first-order valence-electron chi connectivity index (χ1n) is 8.58. The summed E-state index contributed by atoms with van der Waals surface area (Å²) in [5, 5.41) is 0. The van der Waals surface area contributed by atoms with Gasteiger partial charge >= 0.3 is 0 Å². The van der Waals surface area contributed by atoms with Gasteiger partial charge < -0.3 is 9.30 Å². The van der Waals surface area contributed by atoms with E-state index in [0.29, 0.717) is 0 Å². The molecule has 0 aliphatic heterocycles. The minimum Gasteiger partial charge on any atom is -0.342 e. The molecule has 3 aromatic rings. The average molecular weight is 353 g/mol. The van der Waals surface area contributed by atoms with Crippen LogP contribution in [0.15, 0.2) is 59.8 Å². The fourth-order valence-corrected chi connectivity index (χ4v) is 3.41. The van der Waals surface area contributed by atoms with Gasteiger partial charge in [0.25, 0.3) is 5.91 Å². The van der Waals surface area contributed by atoms with Crippen LogP contribution in [0.1, 0.15) is 35.8 Å². The summed E-state index contributed by atoms with van der Waals surface area (Å²) in [6.07, 6.45) is 6.19. The molecule has 4 nitrogen and oxygen atoms in total. The molecular formula is C20H23N3OS. The summed E-state index contributed by atoms with van der Waals surface area (Å²) < 4.78 is 2.03. The van der Waals surface area contributed by atoms with Crippen molar-refractivity contribution < 1.29 is 4.79 Å². The summed E-state index contributed by atoms with van der Waals surface area (Å²) in [6, 6.07) is 13.9. The highest BCUT2D eigenvalue weighted by Crippen LogP contribution is 2.23. The number of unbranched alkanes of at least 4 members (excludes halogenated alkanes) is 1. The first kappa shape index (κ1) is 17.5. The van der Waals surface area contributed by atoms with Gasteiger partial charge in [-0.05, 0) is 42.8 Å². The summed E-state index contributed by atoms with van der Waals surface area (Å²) in [5.74, 6) is 0.899. The Bertz CT molecular complexity index is 809. The Balaban J connectivity index is 1.59. The van der Waals surface area contributed by atoms with Gasteiger partial charge in [0.15, 0.2) is 0 Å². The fraction of sp³-hybridized carbons (Fsp3) is 0.300. The van der Waals surface area contributed by atoms with Gasteiger partial charge in [0.05, 0.1) is 5.69 Å². The van der Waals surface area contributed by atoms with Crippen LogP contribution in [0.4, 0.5) is 0 Å². The Morgan fingerprint density at radius 1 is 1.20 bits per heavy atom. The quantitative estimate of drug-likeness (QED) is 0.587. The van der Waals surface area contributed by atoms with Crippen molar-refractivity contribution in [3.8, 4) is 0 Å². The number of hydrogen-bond donors (Lipinski definition) is 0. The van der Waals surface area contributed by atoms with Crippen molar-refractivity contribution in [1.29, 1.82) is 0 Å². The van der Waals surface area contributed by atoms with Crippen LogP contribution in [0.5, 0.6) is 0 Å². The van der Waals surface area contributed by atoms with Crippen LogP contribution in [-0.2, 0) is 5.75 Å². The second-order valence-electron chi connectivity index (χ2n) is 6.09. The molecule has 0 atom stereocenters. The van der Waals surface area contributed by atoms with E-state index in [4.69, 9.17) is 0 Å². The maximum Gasteiger partial charge on any atom is 0.253 e. The number of thioether (sulfide) groups is 1. The van der Waals surface area contributed by atoms with Crippen molar-refractivity contribution in [2.24, 2.45) is 0 Å². The number of aromatic nitrogens is 2. The van der Waals surface area contributed by atoms with E-state index in [9.17, 15) is 4.79 Å². The molecule has 0 radical (unpaired) electrons. The minimum absolute atomic E-state index is 0.0883. The maximum absolute atomic E-state index is 12.3. The summed E-state index contributed by atoms with van der Waals surface area (Å²) in [5.41, 5.74) is 2.76. The van der Waals surface area contributed by atoms with E-state index < -0.39 is 0 Å². The van der Waals surface area contributed by atoms with Crippen LogP contribution in [0.3, 0.4) is 0 Å². The van der Waals surface area contributed by atoms with E-state index in [-0.39, 0.29) is 5.91 Å². The first-order chi connectivity index (χ1) is 12.2. The van der Waals surface area contributed by atoms with Gasteiger partial charge in [-0.3, -0.25) is 4.79 Å². The van der Waals surface area contributed by atoms with E-state index in [1.165, 1.54) is 0 Å². The van der Waals surface area contributed by atoms with Gasteiger partial charge in [-0.1, -0.05) is 19.4 Å². The molecule has 0 aliphatic carbocycles. The molecule has 0 saturated carbocycles. The van der Waals surface area contributed by atoms with Gasteiger partial charge in [0.2, 0.25) is 0 Å². The highest BCUT2D eigenvalue weighted by Gasteiger charge is 2.11. The van der Waals surface area contributed by atoms with E-state index in [2.05, 4.69) is 18.1 Å². The number of carbonyl (C=O) groups excluding carboxylic acids is 1. The van der Waals surface area contributed by atoms with E-state index >= 15 is 0 Å². The van der Waals surface area contributed by atoms with Gasteiger partial charge in [-0.25, -0.2) is 4.98 Å². The maximum atomic E-state index is 12.3. The van der Waals surface area contributed by atoms with Crippen molar-refractivity contribution in [3.63, 3.8) is 0 Å². The largest absolute Gasteiger partial charge is 0.342 e. The van der Waals surface area contributed by atoms with Crippen LogP contribution in [-0.4, -0.2) is 33.8 Å². The number of pyridine rings is 1. The van der Waals surface area contributed by atoms with Gasteiger partial charge in [0, 0.05) is 42.2 Å². The number of fused-ring (bicyclic) bond motifs is 1. The Kier molecular flexibility index (Phi) is 5.76. The molecule has 2 heterocycles. The van der Waals surface area contributed by atoms with Gasteiger partial charge in [0.1, 0.15) is 5.65 Å². The summed E-state index contributed by atoms with van der Waals surface area (Å²) in [7, 11) is 1.87. The standard InChI is InChI=1S/C20H23N3OS/c1-3-4-12-22(2)20(24)16-8-10-18(11-9-16)25-15-17-14-23-13-6-5-7-19(23)21-17/h5-11,13-14H,3-4,12,15H2,1-2H3. The Morgan fingerprint density at radius 3 is 2.72 bits per heavy atom. The Morgan fingerprint density at radius 2 is 2.00 bits per heavy atom. The lowest BCUT2D eigenvalue weighted by Gasteiger charge is -2.16. The molecule has 0 aliphatic rings. The Labute approximate surface area is 152 Å². The third-order valence-corrected chi connectivity index (χ3v) is 5.14. The molecule has 0 bridgehead atoms. The van der Waals surface area contributed by atoms with Gasteiger partial charge in [-0.15, -0.1) is 11.8 Å². The highest BCUT2D eigenvalue weighted by molar-refractivity contribution is 7.98.